The number of hydrogen-bond donors (Lipinski definition) is 0. The van der Waals surface area contributed by atoms with Crippen molar-refractivity contribution >= 4 is 57.7 Å². The SMILES string of the molecule is O=C1CCc2c(-c3ccc(F)cc3Cl)cc(C3=CCC4(CC3)OCCO4)cc2N1c1c(Cl)cccc1Cl. The van der Waals surface area contributed by atoms with Gasteiger partial charge in [-0.3, -0.25) is 9.69 Å². The molecule has 1 spiro atoms. The van der Waals surface area contributed by atoms with E-state index in [1.807, 2.05) is 6.07 Å². The summed E-state index contributed by atoms with van der Waals surface area (Å²) in [5.41, 5.74) is 5.72. The van der Waals surface area contributed by atoms with Gasteiger partial charge in [-0.15, -0.1) is 0 Å². The number of carbonyl (C=O) groups excluding carboxylic acids is 1. The molecule has 2 aliphatic heterocycles. The van der Waals surface area contributed by atoms with E-state index >= 15 is 0 Å². The molecular weight excluding hydrogens is 536 g/mol. The van der Waals surface area contributed by atoms with Crippen molar-refractivity contribution in [2.24, 2.45) is 0 Å². The van der Waals surface area contributed by atoms with E-state index in [4.69, 9.17) is 44.3 Å². The summed E-state index contributed by atoms with van der Waals surface area (Å²) >= 11 is 19.7. The zero-order valence-electron chi connectivity index (χ0n) is 19.8. The average Bonchev–Trinajstić information content (AvgIpc) is 3.33. The van der Waals surface area contributed by atoms with Crippen molar-refractivity contribution in [1.82, 2.24) is 0 Å². The molecule has 0 bridgehead atoms. The summed E-state index contributed by atoms with van der Waals surface area (Å²) in [6.45, 7) is 1.20. The minimum atomic E-state index is -0.548. The fourth-order valence-corrected chi connectivity index (χ4v) is 6.34. The summed E-state index contributed by atoms with van der Waals surface area (Å²) in [6, 6.07) is 13.7. The molecule has 3 aliphatic rings. The van der Waals surface area contributed by atoms with Gasteiger partial charge in [0.05, 0.1) is 39.7 Å². The van der Waals surface area contributed by atoms with E-state index in [1.54, 1.807) is 29.2 Å². The largest absolute Gasteiger partial charge is 0.347 e. The summed E-state index contributed by atoms with van der Waals surface area (Å²) in [7, 11) is 0. The highest BCUT2D eigenvalue weighted by molar-refractivity contribution is 6.40. The molecule has 0 radical (unpaired) electrons. The number of para-hydroxylation sites is 1. The topological polar surface area (TPSA) is 38.8 Å². The van der Waals surface area contributed by atoms with Crippen LogP contribution in [0.2, 0.25) is 15.1 Å². The van der Waals surface area contributed by atoms with Crippen LogP contribution < -0.4 is 4.90 Å². The minimum absolute atomic E-state index is 0.0971. The summed E-state index contributed by atoms with van der Waals surface area (Å²) in [4.78, 5) is 15.0. The minimum Gasteiger partial charge on any atom is -0.347 e. The Morgan fingerprint density at radius 3 is 2.30 bits per heavy atom. The van der Waals surface area contributed by atoms with Gasteiger partial charge in [0, 0.05) is 24.8 Å². The highest BCUT2D eigenvalue weighted by Crippen LogP contribution is 2.48. The Morgan fingerprint density at radius 2 is 1.62 bits per heavy atom. The third-order valence-corrected chi connectivity index (χ3v) is 8.23. The Labute approximate surface area is 229 Å². The monoisotopic (exact) mass is 557 g/mol. The lowest BCUT2D eigenvalue weighted by Crippen LogP contribution is -2.32. The zero-order valence-corrected chi connectivity index (χ0v) is 22.1. The maximum atomic E-state index is 13.9. The molecule has 2 heterocycles. The van der Waals surface area contributed by atoms with Crippen molar-refractivity contribution in [2.75, 3.05) is 18.1 Å². The lowest BCUT2D eigenvalue weighted by atomic mass is 9.84. The van der Waals surface area contributed by atoms with Crippen LogP contribution in [-0.2, 0) is 20.7 Å². The first-order valence-corrected chi connectivity index (χ1v) is 13.4. The molecule has 0 saturated carbocycles. The Balaban J connectivity index is 1.55. The maximum Gasteiger partial charge on any atom is 0.231 e. The fourth-order valence-electron chi connectivity index (χ4n) is 5.51. The Bertz CT molecular complexity index is 1430. The maximum absolute atomic E-state index is 13.9. The molecule has 190 valence electrons. The van der Waals surface area contributed by atoms with Gasteiger partial charge in [0.25, 0.3) is 0 Å². The second-order valence-electron chi connectivity index (χ2n) is 9.49. The molecule has 0 N–H and O–H groups in total. The summed E-state index contributed by atoms with van der Waals surface area (Å²) < 4.78 is 25.7. The molecule has 8 heteroatoms. The number of carbonyl (C=O) groups is 1. The molecule has 0 aromatic heterocycles. The van der Waals surface area contributed by atoms with Crippen LogP contribution >= 0.6 is 34.8 Å². The second-order valence-corrected chi connectivity index (χ2v) is 10.7. The molecule has 1 saturated heterocycles. The van der Waals surface area contributed by atoms with Crippen molar-refractivity contribution in [3.63, 3.8) is 0 Å². The van der Waals surface area contributed by atoms with Crippen LogP contribution in [0.3, 0.4) is 0 Å². The number of ether oxygens (including phenoxy) is 2. The number of anilines is 2. The van der Waals surface area contributed by atoms with Gasteiger partial charge in [0.2, 0.25) is 5.91 Å². The van der Waals surface area contributed by atoms with Gasteiger partial charge in [-0.05, 0) is 77.6 Å². The van der Waals surface area contributed by atoms with Crippen LogP contribution in [0, 0.1) is 5.82 Å². The second kappa shape index (κ2) is 9.72. The van der Waals surface area contributed by atoms with Gasteiger partial charge in [0.1, 0.15) is 5.82 Å². The molecule has 0 unspecified atom stereocenters. The highest BCUT2D eigenvalue weighted by atomic mass is 35.5. The van der Waals surface area contributed by atoms with Crippen molar-refractivity contribution in [1.29, 1.82) is 0 Å². The van der Waals surface area contributed by atoms with Gasteiger partial charge < -0.3 is 9.47 Å². The first-order valence-electron chi connectivity index (χ1n) is 12.2. The number of halogens is 4. The highest BCUT2D eigenvalue weighted by Gasteiger charge is 2.38. The molecule has 37 heavy (non-hydrogen) atoms. The van der Waals surface area contributed by atoms with Crippen molar-refractivity contribution in [3.05, 3.63) is 86.6 Å². The first kappa shape index (κ1) is 24.9. The number of rotatable bonds is 3. The molecule has 1 fully saturated rings. The number of fused-ring (bicyclic) bond motifs is 1. The normalized spacial score (nSPS) is 18.8. The molecule has 0 atom stereocenters. The molecule has 1 aliphatic carbocycles. The third kappa shape index (κ3) is 4.47. The number of nitrogens with zero attached hydrogens (tertiary/aromatic N) is 1. The van der Waals surface area contributed by atoms with Gasteiger partial charge >= 0.3 is 0 Å². The van der Waals surface area contributed by atoms with E-state index in [0.717, 1.165) is 35.1 Å². The van der Waals surface area contributed by atoms with Crippen LogP contribution in [-0.4, -0.2) is 24.9 Å². The standard InChI is InChI=1S/C29H23Cl3FNO3/c30-23-2-1-3-24(31)28(23)34-26-15-18(17-8-10-29(11-9-17)36-12-13-37-29)14-22(21(26)6-7-27(34)35)20-5-4-19(33)16-25(20)32/h1-5,8,14-16H,6-7,9-13H2. The first-order chi connectivity index (χ1) is 17.8. The Kier molecular flexibility index (Phi) is 6.54. The third-order valence-electron chi connectivity index (χ3n) is 7.31. The average molecular weight is 559 g/mol. The fraction of sp³-hybridized carbons (Fsp3) is 0.276. The van der Waals surface area contributed by atoms with Crippen molar-refractivity contribution in [3.8, 4) is 11.1 Å². The van der Waals surface area contributed by atoms with Crippen LogP contribution in [0.5, 0.6) is 0 Å². The summed E-state index contributed by atoms with van der Waals surface area (Å²) in [5, 5.41) is 1.08. The van der Waals surface area contributed by atoms with E-state index in [2.05, 4.69) is 12.1 Å². The van der Waals surface area contributed by atoms with Gasteiger partial charge in [-0.1, -0.05) is 46.9 Å². The summed E-state index contributed by atoms with van der Waals surface area (Å²) in [5.74, 6) is -1.05. The smallest absolute Gasteiger partial charge is 0.231 e. The predicted octanol–water partition coefficient (Wildman–Crippen LogP) is 8.37. The van der Waals surface area contributed by atoms with E-state index in [1.165, 1.54) is 12.1 Å². The molecule has 6 rings (SSSR count). The zero-order chi connectivity index (χ0) is 25.7. The lowest BCUT2D eigenvalue weighted by Gasteiger charge is -2.34. The van der Waals surface area contributed by atoms with Crippen molar-refractivity contribution in [2.45, 2.75) is 37.9 Å². The van der Waals surface area contributed by atoms with Crippen LogP contribution in [0.15, 0.2) is 54.6 Å². The molecule has 3 aromatic rings. The summed E-state index contributed by atoms with van der Waals surface area (Å²) in [6.07, 6.45) is 5.06. The number of allylic oxidation sites excluding steroid dienone is 1. The molecule has 3 aromatic carbocycles. The van der Waals surface area contributed by atoms with Gasteiger partial charge in [-0.25, -0.2) is 4.39 Å². The molecular formula is C29H23Cl3FNO3. The lowest BCUT2D eigenvalue weighted by molar-refractivity contribution is -0.159. The Morgan fingerprint density at radius 1 is 0.865 bits per heavy atom. The van der Waals surface area contributed by atoms with Crippen LogP contribution in [0.25, 0.3) is 16.7 Å². The van der Waals surface area contributed by atoms with Crippen molar-refractivity contribution < 1.29 is 18.7 Å². The quantitative estimate of drug-likeness (QED) is 0.324. The van der Waals surface area contributed by atoms with E-state index < -0.39 is 11.6 Å². The van der Waals surface area contributed by atoms with E-state index in [-0.39, 0.29) is 12.3 Å². The number of hydrogen-bond acceptors (Lipinski definition) is 3. The number of amides is 1. The van der Waals surface area contributed by atoms with E-state index in [0.29, 0.717) is 58.1 Å². The van der Waals surface area contributed by atoms with Gasteiger partial charge in [-0.2, -0.15) is 0 Å². The number of benzene rings is 3. The van der Waals surface area contributed by atoms with Gasteiger partial charge in [0.15, 0.2) is 5.79 Å². The van der Waals surface area contributed by atoms with Crippen LogP contribution in [0.1, 0.15) is 36.8 Å². The predicted molar refractivity (Wildman–Crippen MR) is 145 cm³/mol. The molecule has 4 nitrogen and oxygen atoms in total. The molecule has 1 amide bonds. The Hall–Kier alpha value is -2.41. The van der Waals surface area contributed by atoms with Crippen LogP contribution in [0.4, 0.5) is 15.8 Å². The van der Waals surface area contributed by atoms with E-state index in [9.17, 15) is 9.18 Å².